The van der Waals surface area contributed by atoms with Crippen LogP contribution in [-0.2, 0) is 4.79 Å². The van der Waals surface area contributed by atoms with Gasteiger partial charge in [0.1, 0.15) is 10.3 Å². The van der Waals surface area contributed by atoms with Crippen LogP contribution in [0.2, 0.25) is 10.3 Å². The standard InChI is InChI=1S/C11H12Cl2N2O3/c1-6(11(17)18)2-3-14-10(16)7-4-8(12)15-9(13)5-7/h4-6H,2-3H2,1H3,(H,14,16)(H,17,18). The van der Waals surface area contributed by atoms with E-state index in [9.17, 15) is 9.59 Å². The predicted octanol–water partition coefficient (Wildman–Crippen LogP) is 2.23. The van der Waals surface area contributed by atoms with Crippen LogP contribution in [0.15, 0.2) is 12.1 Å². The van der Waals surface area contributed by atoms with Crippen molar-refractivity contribution < 1.29 is 14.7 Å². The molecular weight excluding hydrogens is 279 g/mol. The lowest BCUT2D eigenvalue weighted by Gasteiger charge is -2.08. The van der Waals surface area contributed by atoms with E-state index in [0.29, 0.717) is 12.0 Å². The van der Waals surface area contributed by atoms with Crippen molar-refractivity contribution in [2.24, 2.45) is 5.92 Å². The van der Waals surface area contributed by atoms with Gasteiger partial charge in [0.25, 0.3) is 5.91 Å². The Morgan fingerprint density at radius 2 is 1.94 bits per heavy atom. The number of carboxylic acids is 1. The van der Waals surface area contributed by atoms with Crippen LogP contribution in [0.3, 0.4) is 0 Å². The highest BCUT2D eigenvalue weighted by molar-refractivity contribution is 6.33. The zero-order valence-corrected chi connectivity index (χ0v) is 11.1. The fraction of sp³-hybridized carbons (Fsp3) is 0.364. The third kappa shape index (κ3) is 4.50. The summed E-state index contributed by atoms with van der Waals surface area (Å²) in [5.74, 6) is -1.76. The summed E-state index contributed by atoms with van der Waals surface area (Å²) in [5.41, 5.74) is 0.294. The molecule has 1 amide bonds. The molecule has 0 fully saturated rings. The van der Waals surface area contributed by atoms with Crippen molar-refractivity contribution in [2.75, 3.05) is 6.54 Å². The Hall–Kier alpha value is -1.33. The minimum Gasteiger partial charge on any atom is -0.481 e. The third-order valence-corrected chi connectivity index (χ3v) is 2.70. The van der Waals surface area contributed by atoms with E-state index in [-0.39, 0.29) is 22.8 Å². The molecule has 98 valence electrons. The van der Waals surface area contributed by atoms with Crippen molar-refractivity contribution >= 4 is 35.1 Å². The Kier molecular flexibility index (Phi) is 5.37. The second-order valence-electron chi connectivity index (χ2n) is 3.79. The van der Waals surface area contributed by atoms with Crippen LogP contribution < -0.4 is 5.32 Å². The van der Waals surface area contributed by atoms with Crippen molar-refractivity contribution in [1.82, 2.24) is 10.3 Å². The van der Waals surface area contributed by atoms with Gasteiger partial charge in [0.05, 0.1) is 5.92 Å². The first kappa shape index (κ1) is 14.7. The van der Waals surface area contributed by atoms with E-state index in [2.05, 4.69) is 10.3 Å². The summed E-state index contributed by atoms with van der Waals surface area (Å²) in [5, 5.41) is 11.5. The summed E-state index contributed by atoms with van der Waals surface area (Å²) in [6, 6.07) is 2.78. The molecule has 18 heavy (non-hydrogen) atoms. The summed E-state index contributed by atoms with van der Waals surface area (Å²) in [4.78, 5) is 26.0. The van der Waals surface area contributed by atoms with Gasteiger partial charge in [-0.15, -0.1) is 0 Å². The predicted molar refractivity (Wildman–Crippen MR) is 68.0 cm³/mol. The van der Waals surface area contributed by atoms with Gasteiger partial charge in [0.15, 0.2) is 0 Å². The summed E-state index contributed by atoms with van der Waals surface area (Å²) < 4.78 is 0. The molecule has 1 unspecified atom stereocenters. The number of nitrogens with zero attached hydrogens (tertiary/aromatic N) is 1. The average Bonchev–Trinajstić information content (AvgIpc) is 2.27. The van der Waals surface area contributed by atoms with Crippen LogP contribution in [0.1, 0.15) is 23.7 Å². The molecule has 0 aliphatic heterocycles. The van der Waals surface area contributed by atoms with Gasteiger partial charge in [-0.05, 0) is 18.6 Å². The van der Waals surface area contributed by atoms with Gasteiger partial charge < -0.3 is 10.4 Å². The van der Waals surface area contributed by atoms with Gasteiger partial charge in [-0.2, -0.15) is 0 Å². The van der Waals surface area contributed by atoms with Crippen molar-refractivity contribution in [1.29, 1.82) is 0 Å². The number of carbonyl (C=O) groups is 2. The van der Waals surface area contributed by atoms with Crippen LogP contribution >= 0.6 is 23.2 Å². The van der Waals surface area contributed by atoms with Crippen molar-refractivity contribution in [3.63, 3.8) is 0 Å². The fourth-order valence-electron chi connectivity index (χ4n) is 1.22. The molecule has 0 aliphatic carbocycles. The first-order valence-corrected chi connectivity index (χ1v) is 6.00. The monoisotopic (exact) mass is 290 g/mol. The van der Waals surface area contributed by atoms with E-state index >= 15 is 0 Å². The number of amides is 1. The van der Waals surface area contributed by atoms with E-state index in [0.717, 1.165) is 0 Å². The molecule has 0 radical (unpaired) electrons. The van der Waals surface area contributed by atoms with E-state index in [1.807, 2.05) is 0 Å². The zero-order chi connectivity index (χ0) is 13.7. The van der Waals surface area contributed by atoms with Crippen molar-refractivity contribution in [3.05, 3.63) is 28.0 Å². The quantitative estimate of drug-likeness (QED) is 0.815. The highest BCUT2D eigenvalue weighted by Gasteiger charge is 2.12. The minimum absolute atomic E-state index is 0.131. The summed E-state index contributed by atoms with van der Waals surface area (Å²) in [7, 11) is 0. The summed E-state index contributed by atoms with van der Waals surface area (Å²) in [6.07, 6.45) is 0.355. The van der Waals surface area contributed by atoms with Gasteiger partial charge in [-0.1, -0.05) is 30.1 Å². The Labute approximate surface area is 114 Å². The maximum absolute atomic E-state index is 11.7. The Morgan fingerprint density at radius 1 is 1.39 bits per heavy atom. The number of aromatic nitrogens is 1. The molecule has 0 saturated heterocycles. The van der Waals surface area contributed by atoms with Gasteiger partial charge in [0.2, 0.25) is 0 Å². The number of hydrogen-bond acceptors (Lipinski definition) is 3. The lowest BCUT2D eigenvalue weighted by atomic mass is 10.1. The summed E-state index contributed by atoms with van der Waals surface area (Å²) >= 11 is 11.3. The number of halogens is 2. The molecule has 0 aliphatic rings. The van der Waals surface area contributed by atoms with E-state index in [4.69, 9.17) is 28.3 Å². The minimum atomic E-state index is -0.890. The zero-order valence-electron chi connectivity index (χ0n) is 9.61. The Morgan fingerprint density at radius 3 is 2.44 bits per heavy atom. The van der Waals surface area contributed by atoms with Gasteiger partial charge in [-0.3, -0.25) is 9.59 Å². The number of carbonyl (C=O) groups excluding carboxylic acids is 1. The van der Waals surface area contributed by atoms with E-state index < -0.39 is 11.9 Å². The lowest BCUT2D eigenvalue weighted by molar-refractivity contribution is -0.141. The molecule has 1 heterocycles. The smallest absolute Gasteiger partial charge is 0.306 e. The molecule has 1 atom stereocenters. The second kappa shape index (κ2) is 6.56. The molecule has 2 N–H and O–H groups in total. The molecular formula is C11H12Cl2N2O3. The van der Waals surface area contributed by atoms with E-state index in [1.165, 1.54) is 12.1 Å². The third-order valence-electron chi connectivity index (χ3n) is 2.31. The number of nitrogens with one attached hydrogen (secondary N) is 1. The lowest BCUT2D eigenvalue weighted by Crippen LogP contribution is -2.27. The second-order valence-corrected chi connectivity index (χ2v) is 4.56. The first-order valence-electron chi connectivity index (χ1n) is 5.24. The average molecular weight is 291 g/mol. The van der Waals surface area contributed by atoms with Crippen LogP contribution in [0.4, 0.5) is 0 Å². The molecule has 0 spiro atoms. The molecule has 7 heteroatoms. The molecule has 0 bridgehead atoms. The van der Waals surface area contributed by atoms with Gasteiger partial charge in [-0.25, -0.2) is 4.98 Å². The van der Waals surface area contributed by atoms with E-state index in [1.54, 1.807) is 6.92 Å². The molecule has 1 rings (SSSR count). The highest BCUT2D eigenvalue weighted by Crippen LogP contribution is 2.14. The SMILES string of the molecule is CC(CCNC(=O)c1cc(Cl)nc(Cl)c1)C(=O)O. The maximum atomic E-state index is 11.7. The topological polar surface area (TPSA) is 79.3 Å². The number of pyridine rings is 1. The largest absolute Gasteiger partial charge is 0.481 e. The molecule has 0 saturated carbocycles. The number of hydrogen-bond donors (Lipinski definition) is 2. The molecule has 1 aromatic heterocycles. The number of rotatable bonds is 5. The van der Waals surface area contributed by atoms with Crippen LogP contribution in [0.5, 0.6) is 0 Å². The Bertz CT molecular complexity index is 445. The first-order chi connectivity index (χ1) is 8.40. The Balaban J connectivity index is 2.53. The maximum Gasteiger partial charge on any atom is 0.306 e. The highest BCUT2D eigenvalue weighted by atomic mass is 35.5. The molecule has 0 aromatic carbocycles. The van der Waals surface area contributed by atoms with Crippen LogP contribution in [-0.4, -0.2) is 28.5 Å². The van der Waals surface area contributed by atoms with Crippen molar-refractivity contribution in [3.8, 4) is 0 Å². The van der Waals surface area contributed by atoms with Crippen molar-refractivity contribution in [2.45, 2.75) is 13.3 Å². The number of carboxylic acid groups (broad SMARTS) is 1. The normalized spacial score (nSPS) is 11.9. The van der Waals surface area contributed by atoms with Gasteiger partial charge >= 0.3 is 5.97 Å². The number of aliphatic carboxylic acids is 1. The molecule has 5 nitrogen and oxygen atoms in total. The van der Waals surface area contributed by atoms with Crippen LogP contribution in [0, 0.1) is 5.92 Å². The van der Waals surface area contributed by atoms with Crippen LogP contribution in [0.25, 0.3) is 0 Å². The van der Waals surface area contributed by atoms with Gasteiger partial charge in [0, 0.05) is 12.1 Å². The molecule has 1 aromatic rings. The summed E-state index contributed by atoms with van der Waals surface area (Å²) in [6.45, 7) is 1.85. The fourth-order valence-corrected chi connectivity index (χ4v) is 1.68.